The van der Waals surface area contributed by atoms with Gasteiger partial charge in [-0.1, -0.05) is 66.7 Å². The molecule has 5 aromatic rings. The van der Waals surface area contributed by atoms with Crippen LogP contribution in [0, 0.1) is 0 Å². The Kier molecular flexibility index (Phi) is 8.46. The predicted molar refractivity (Wildman–Crippen MR) is 168 cm³/mol. The van der Waals surface area contributed by atoms with E-state index in [1.165, 1.54) is 12.0 Å². The van der Waals surface area contributed by atoms with Crippen molar-refractivity contribution in [3.05, 3.63) is 102 Å². The van der Waals surface area contributed by atoms with Crippen LogP contribution in [0.15, 0.2) is 95.5 Å². The molecule has 4 N–H and O–H groups in total. The van der Waals surface area contributed by atoms with Gasteiger partial charge >= 0.3 is 12.1 Å². The molecule has 2 atom stereocenters. The lowest BCUT2D eigenvalue weighted by Gasteiger charge is -2.38. The van der Waals surface area contributed by atoms with E-state index in [0.717, 1.165) is 21.9 Å². The molecule has 5 rings (SSSR count). The average Bonchev–Trinajstić information content (AvgIpc) is 3.62. The molecule has 228 valence electrons. The van der Waals surface area contributed by atoms with E-state index in [9.17, 15) is 14.4 Å². The van der Waals surface area contributed by atoms with Gasteiger partial charge in [-0.05, 0) is 44.0 Å². The fourth-order valence-corrected chi connectivity index (χ4v) is 5.18. The number of hydrogen-bond donors (Lipinski definition) is 3. The number of methoxy groups -OCH3 is 1. The number of furan rings is 1. The third kappa shape index (κ3) is 6.16. The number of hydrogen-bond acceptors (Lipinski definition) is 7. The Bertz CT molecular complexity index is 1750. The lowest BCUT2D eigenvalue weighted by Crippen LogP contribution is -2.61. The number of H-pyrrole nitrogens is 1. The van der Waals surface area contributed by atoms with Crippen LogP contribution >= 0.6 is 0 Å². The largest absolute Gasteiger partial charge is 0.462 e. The number of aromatic nitrogens is 1. The number of ether oxygens (including phenoxy) is 2. The molecule has 2 unspecified atom stereocenters. The van der Waals surface area contributed by atoms with Gasteiger partial charge in [0.05, 0.1) is 13.2 Å². The van der Waals surface area contributed by atoms with Crippen LogP contribution in [0.2, 0.25) is 0 Å². The van der Waals surface area contributed by atoms with Crippen LogP contribution < -0.4 is 16.0 Å². The van der Waals surface area contributed by atoms with Gasteiger partial charge in [0.2, 0.25) is 11.8 Å². The first-order valence-electron chi connectivity index (χ1n) is 14.2. The van der Waals surface area contributed by atoms with Crippen LogP contribution in [-0.4, -0.2) is 47.7 Å². The summed E-state index contributed by atoms with van der Waals surface area (Å²) in [5, 5.41) is 4.70. The maximum atomic E-state index is 14.6. The van der Waals surface area contributed by atoms with Crippen LogP contribution in [0.4, 0.5) is 10.7 Å². The summed E-state index contributed by atoms with van der Waals surface area (Å²) in [7, 11) is 1.25. The molecule has 0 bridgehead atoms. The number of rotatable bonds is 10. The van der Waals surface area contributed by atoms with E-state index in [4.69, 9.17) is 19.6 Å². The minimum absolute atomic E-state index is 0.0894. The molecule has 2 aromatic heterocycles. The number of nitrogens with two attached hydrogens (primary N) is 1. The van der Waals surface area contributed by atoms with Gasteiger partial charge in [0, 0.05) is 35.0 Å². The number of amides is 2. The molecule has 2 amide bonds. The second kappa shape index (κ2) is 12.3. The van der Waals surface area contributed by atoms with Gasteiger partial charge < -0.3 is 29.9 Å². The normalized spacial score (nSPS) is 13.7. The van der Waals surface area contributed by atoms with E-state index < -0.39 is 35.1 Å². The van der Waals surface area contributed by atoms with Gasteiger partial charge in [-0.15, -0.1) is 0 Å². The fraction of sp³-hybridized carbons (Fsp3) is 0.265. The van der Waals surface area contributed by atoms with Crippen molar-refractivity contribution in [2.45, 2.75) is 44.3 Å². The van der Waals surface area contributed by atoms with Crippen molar-refractivity contribution in [1.29, 1.82) is 0 Å². The standard InChI is InChI=1S/C34H36N4O6/c1-33(2,35)31(40)43-21-27(22-12-6-5-7-13-22)37-30(39)34(3,19-24-20-36-26-16-10-9-15-25(24)26)38(32(41)42-4)29-18-23-14-8-11-17-28(23)44-29/h5-18,20,27,36H,19,21,35H2,1-4H3,(H,37,39). The molecule has 0 saturated carbocycles. The molecule has 0 fully saturated rings. The maximum Gasteiger partial charge on any atom is 0.417 e. The van der Waals surface area contributed by atoms with Crippen molar-refractivity contribution in [3.8, 4) is 0 Å². The van der Waals surface area contributed by atoms with Gasteiger partial charge in [0.1, 0.15) is 23.3 Å². The topological polar surface area (TPSA) is 140 Å². The van der Waals surface area contributed by atoms with Crippen molar-refractivity contribution >= 4 is 45.7 Å². The van der Waals surface area contributed by atoms with Gasteiger partial charge in [-0.2, -0.15) is 0 Å². The molecule has 0 spiro atoms. The van der Waals surface area contributed by atoms with Crippen LogP contribution in [0.1, 0.15) is 37.9 Å². The number of aromatic amines is 1. The number of para-hydroxylation sites is 2. The van der Waals surface area contributed by atoms with Crippen molar-refractivity contribution in [1.82, 2.24) is 10.3 Å². The summed E-state index contributed by atoms with van der Waals surface area (Å²) in [6.45, 7) is 4.57. The highest BCUT2D eigenvalue weighted by molar-refractivity contribution is 6.02. The molecule has 0 aliphatic heterocycles. The quantitative estimate of drug-likeness (QED) is 0.178. The number of fused-ring (bicyclic) bond motifs is 2. The Labute approximate surface area is 255 Å². The molecule has 0 saturated heterocycles. The molecule has 10 heteroatoms. The molecule has 0 aliphatic carbocycles. The zero-order valence-corrected chi connectivity index (χ0v) is 25.1. The van der Waals surface area contributed by atoms with Crippen LogP contribution in [0.5, 0.6) is 0 Å². The number of carbonyl (C=O) groups excluding carboxylic acids is 3. The number of nitrogens with zero attached hydrogens (tertiary/aromatic N) is 1. The van der Waals surface area contributed by atoms with E-state index in [1.54, 1.807) is 32.9 Å². The summed E-state index contributed by atoms with van der Waals surface area (Å²) in [6.07, 6.45) is 1.13. The first-order valence-corrected chi connectivity index (χ1v) is 14.2. The SMILES string of the molecule is COC(=O)N(c1cc2ccccc2o1)C(C)(Cc1c[nH]c2ccccc12)C(=O)NC(COC(=O)C(C)(C)N)c1ccccc1. The van der Waals surface area contributed by atoms with E-state index in [0.29, 0.717) is 11.1 Å². The number of esters is 1. The van der Waals surface area contributed by atoms with Crippen molar-refractivity contribution < 1.29 is 28.3 Å². The van der Waals surface area contributed by atoms with Crippen molar-refractivity contribution in [3.63, 3.8) is 0 Å². The highest BCUT2D eigenvalue weighted by Crippen LogP contribution is 2.35. The number of nitrogens with one attached hydrogen (secondary N) is 2. The zero-order valence-electron chi connectivity index (χ0n) is 25.1. The van der Waals surface area contributed by atoms with E-state index in [1.807, 2.05) is 79.0 Å². The molecule has 2 heterocycles. The second-order valence-electron chi connectivity index (χ2n) is 11.5. The Balaban J connectivity index is 1.59. The summed E-state index contributed by atoms with van der Waals surface area (Å²) in [5.41, 5.74) is 6.07. The van der Waals surface area contributed by atoms with E-state index in [2.05, 4.69) is 10.3 Å². The van der Waals surface area contributed by atoms with Gasteiger partial charge in [-0.25, -0.2) is 9.69 Å². The summed E-state index contributed by atoms with van der Waals surface area (Å²) in [5.74, 6) is -0.999. The molecule has 44 heavy (non-hydrogen) atoms. The van der Waals surface area contributed by atoms with E-state index >= 15 is 0 Å². The summed E-state index contributed by atoms with van der Waals surface area (Å²) in [4.78, 5) is 45.3. The molecule has 3 aromatic carbocycles. The maximum absolute atomic E-state index is 14.6. The number of carbonyl (C=O) groups is 3. The molecule has 0 aliphatic rings. The van der Waals surface area contributed by atoms with Crippen LogP contribution in [0.3, 0.4) is 0 Å². The Morgan fingerprint density at radius 1 is 0.977 bits per heavy atom. The summed E-state index contributed by atoms with van der Waals surface area (Å²) < 4.78 is 16.9. The minimum Gasteiger partial charge on any atom is -0.462 e. The van der Waals surface area contributed by atoms with E-state index in [-0.39, 0.29) is 18.9 Å². The molecular weight excluding hydrogens is 560 g/mol. The van der Waals surface area contributed by atoms with Gasteiger partial charge in [0.15, 0.2) is 0 Å². The highest BCUT2D eigenvalue weighted by Gasteiger charge is 2.47. The lowest BCUT2D eigenvalue weighted by atomic mass is 9.89. The first-order chi connectivity index (χ1) is 21.0. The summed E-state index contributed by atoms with van der Waals surface area (Å²) in [6, 6.07) is 25.1. The average molecular weight is 597 g/mol. The second-order valence-corrected chi connectivity index (χ2v) is 11.5. The molecule has 0 radical (unpaired) electrons. The Morgan fingerprint density at radius 2 is 1.66 bits per heavy atom. The van der Waals surface area contributed by atoms with Gasteiger partial charge in [0.25, 0.3) is 0 Å². The van der Waals surface area contributed by atoms with Crippen LogP contribution in [-0.2, 0) is 25.5 Å². The monoisotopic (exact) mass is 596 g/mol. The molecule has 10 nitrogen and oxygen atoms in total. The Hall–Kier alpha value is -5.09. The third-order valence-corrected chi connectivity index (χ3v) is 7.60. The first kappa shape index (κ1) is 30.4. The van der Waals surface area contributed by atoms with Crippen molar-refractivity contribution in [2.24, 2.45) is 5.73 Å². The van der Waals surface area contributed by atoms with Crippen molar-refractivity contribution in [2.75, 3.05) is 18.6 Å². The summed E-state index contributed by atoms with van der Waals surface area (Å²) >= 11 is 0. The minimum atomic E-state index is -1.59. The zero-order chi connectivity index (χ0) is 31.5. The van der Waals surface area contributed by atoms with Gasteiger partial charge in [-0.3, -0.25) is 9.59 Å². The Morgan fingerprint density at radius 3 is 2.36 bits per heavy atom. The number of anilines is 1. The lowest BCUT2D eigenvalue weighted by molar-refractivity contribution is -0.150. The molecular formula is C34H36N4O6. The predicted octanol–water partition coefficient (Wildman–Crippen LogP) is 5.63. The highest BCUT2D eigenvalue weighted by atomic mass is 16.5. The fourth-order valence-electron chi connectivity index (χ4n) is 5.18. The third-order valence-electron chi connectivity index (χ3n) is 7.60. The number of benzene rings is 3. The van der Waals surface area contributed by atoms with Crippen LogP contribution in [0.25, 0.3) is 21.9 Å². The smallest absolute Gasteiger partial charge is 0.417 e.